The van der Waals surface area contributed by atoms with Gasteiger partial charge >= 0.3 is 0 Å². The van der Waals surface area contributed by atoms with Crippen molar-refractivity contribution in [2.75, 3.05) is 0 Å². The highest BCUT2D eigenvalue weighted by Gasteiger charge is 2.13. The zero-order valence-corrected chi connectivity index (χ0v) is 11.9. The maximum Gasteiger partial charge on any atom is 0.0772 e. The Balaban J connectivity index is 1.89. The van der Waals surface area contributed by atoms with Crippen LogP contribution in [0.15, 0.2) is 52.3 Å². The van der Waals surface area contributed by atoms with Crippen LogP contribution in [-0.2, 0) is 12.8 Å². The van der Waals surface area contributed by atoms with E-state index in [1.165, 1.54) is 35.3 Å². The summed E-state index contributed by atoms with van der Waals surface area (Å²) in [4.78, 5) is 2.42. The van der Waals surface area contributed by atoms with Gasteiger partial charge in [0.25, 0.3) is 0 Å². The maximum absolute atomic E-state index is 9.82. The van der Waals surface area contributed by atoms with Gasteiger partial charge < -0.3 is 5.11 Å². The van der Waals surface area contributed by atoms with Gasteiger partial charge in [-0.1, -0.05) is 36.0 Å². The highest BCUT2D eigenvalue weighted by atomic mass is 32.2. The molecule has 2 aromatic carbocycles. The monoisotopic (exact) mass is 270 g/mol. The van der Waals surface area contributed by atoms with Crippen molar-refractivity contribution < 1.29 is 5.11 Å². The molecule has 0 saturated heterocycles. The van der Waals surface area contributed by atoms with Gasteiger partial charge in [0.2, 0.25) is 0 Å². The molecule has 2 heteroatoms. The van der Waals surface area contributed by atoms with E-state index in [1.807, 2.05) is 25.1 Å². The minimum Gasteiger partial charge on any atom is -0.389 e. The average Bonchev–Trinajstić information content (AvgIpc) is 2.86. The molecule has 0 radical (unpaired) electrons. The van der Waals surface area contributed by atoms with Crippen molar-refractivity contribution in [1.29, 1.82) is 0 Å². The fourth-order valence-electron chi connectivity index (χ4n) is 2.66. The minimum atomic E-state index is -0.418. The molecule has 0 amide bonds. The van der Waals surface area contributed by atoms with Crippen molar-refractivity contribution in [3.63, 3.8) is 0 Å². The smallest absolute Gasteiger partial charge is 0.0772 e. The van der Waals surface area contributed by atoms with E-state index in [1.54, 1.807) is 11.8 Å². The molecule has 0 unspecified atom stereocenters. The van der Waals surface area contributed by atoms with Gasteiger partial charge in [0.1, 0.15) is 0 Å². The van der Waals surface area contributed by atoms with Crippen LogP contribution in [0.2, 0.25) is 0 Å². The predicted molar refractivity (Wildman–Crippen MR) is 79.7 cm³/mol. The molecule has 1 aliphatic rings. The molecule has 1 nitrogen and oxygen atoms in total. The second-order valence-corrected chi connectivity index (χ2v) is 6.22. The van der Waals surface area contributed by atoms with Crippen molar-refractivity contribution in [3.8, 4) is 0 Å². The lowest BCUT2D eigenvalue weighted by molar-refractivity contribution is 0.196. The molecule has 0 aromatic heterocycles. The zero-order chi connectivity index (χ0) is 13.2. The Kier molecular flexibility index (Phi) is 3.63. The lowest BCUT2D eigenvalue weighted by Gasteiger charge is -2.12. The highest BCUT2D eigenvalue weighted by Crippen LogP contribution is 2.35. The second-order valence-electron chi connectivity index (χ2n) is 5.10. The normalized spacial score (nSPS) is 15.3. The lowest BCUT2D eigenvalue weighted by atomic mass is 10.1. The van der Waals surface area contributed by atoms with Crippen molar-refractivity contribution in [2.24, 2.45) is 0 Å². The molecule has 0 heterocycles. The van der Waals surface area contributed by atoms with Gasteiger partial charge in [0, 0.05) is 9.79 Å². The first-order valence-corrected chi connectivity index (χ1v) is 7.62. The molecule has 1 N–H and O–H groups in total. The maximum atomic E-state index is 9.82. The molecule has 19 heavy (non-hydrogen) atoms. The summed E-state index contributed by atoms with van der Waals surface area (Å²) in [5, 5.41) is 9.82. The number of aliphatic hydroxyl groups excluding tert-OH is 1. The predicted octanol–water partition coefficient (Wildman–Crippen LogP) is 4.38. The van der Waals surface area contributed by atoms with Crippen LogP contribution in [0.1, 0.15) is 36.1 Å². The number of hydrogen-bond donors (Lipinski definition) is 1. The molecule has 1 atom stereocenters. The molecular weight excluding hydrogens is 252 g/mol. The van der Waals surface area contributed by atoms with Gasteiger partial charge in [-0.05, 0) is 61.1 Å². The Labute approximate surface area is 118 Å². The molecule has 1 aliphatic carbocycles. The third-order valence-corrected chi connectivity index (χ3v) is 4.75. The minimum absolute atomic E-state index is 0.418. The Bertz CT molecular complexity index is 590. The van der Waals surface area contributed by atoms with Crippen LogP contribution in [0.4, 0.5) is 0 Å². The Morgan fingerprint density at radius 2 is 1.84 bits per heavy atom. The SMILES string of the molecule is C[C@H](O)c1ccccc1Sc1ccc2c(c1)CCC2. The number of aliphatic hydroxyl groups is 1. The first-order chi connectivity index (χ1) is 9.24. The van der Waals surface area contributed by atoms with E-state index in [2.05, 4.69) is 24.3 Å². The van der Waals surface area contributed by atoms with Crippen LogP contribution in [0.3, 0.4) is 0 Å². The Morgan fingerprint density at radius 3 is 2.68 bits per heavy atom. The topological polar surface area (TPSA) is 20.2 Å². The second kappa shape index (κ2) is 5.40. The van der Waals surface area contributed by atoms with Gasteiger partial charge in [0.15, 0.2) is 0 Å². The summed E-state index contributed by atoms with van der Waals surface area (Å²) in [5.74, 6) is 0. The van der Waals surface area contributed by atoms with E-state index in [4.69, 9.17) is 0 Å². The largest absolute Gasteiger partial charge is 0.389 e. The van der Waals surface area contributed by atoms with Gasteiger partial charge in [-0.2, -0.15) is 0 Å². The Morgan fingerprint density at radius 1 is 1.05 bits per heavy atom. The summed E-state index contributed by atoms with van der Waals surface area (Å²) >= 11 is 1.75. The van der Waals surface area contributed by atoms with Crippen molar-refractivity contribution >= 4 is 11.8 Å². The summed E-state index contributed by atoms with van der Waals surface area (Å²) in [7, 11) is 0. The molecular formula is C17H18OS. The zero-order valence-electron chi connectivity index (χ0n) is 11.1. The summed E-state index contributed by atoms with van der Waals surface area (Å²) in [6, 6.07) is 14.9. The summed E-state index contributed by atoms with van der Waals surface area (Å²) in [6.07, 6.45) is 3.30. The summed E-state index contributed by atoms with van der Waals surface area (Å²) < 4.78 is 0. The van der Waals surface area contributed by atoms with Crippen LogP contribution >= 0.6 is 11.8 Å². The molecule has 0 spiro atoms. The number of hydrogen-bond acceptors (Lipinski definition) is 2. The number of rotatable bonds is 3. The van der Waals surface area contributed by atoms with E-state index in [-0.39, 0.29) is 0 Å². The van der Waals surface area contributed by atoms with Gasteiger partial charge in [-0.25, -0.2) is 0 Å². The van der Waals surface area contributed by atoms with E-state index in [0.717, 1.165) is 10.5 Å². The van der Waals surface area contributed by atoms with Gasteiger partial charge in [-0.15, -0.1) is 0 Å². The first-order valence-electron chi connectivity index (χ1n) is 6.80. The van der Waals surface area contributed by atoms with Crippen LogP contribution in [0, 0.1) is 0 Å². The summed E-state index contributed by atoms with van der Waals surface area (Å²) in [5.41, 5.74) is 4.01. The Hall–Kier alpha value is -1.25. The molecule has 0 saturated carbocycles. The average molecular weight is 270 g/mol. The highest BCUT2D eigenvalue weighted by molar-refractivity contribution is 7.99. The van der Waals surface area contributed by atoms with E-state index >= 15 is 0 Å². The molecule has 3 rings (SSSR count). The quantitative estimate of drug-likeness (QED) is 0.893. The fourth-order valence-corrected chi connectivity index (χ4v) is 3.75. The van der Waals surface area contributed by atoms with Crippen LogP contribution in [0.25, 0.3) is 0 Å². The van der Waals surface area contributed by atoms with Crippen molar-refractivity contribution in [2.45, 2.75) is 42.1 Å². The molecule has 0 fully saturated rings. The third kappa shape index (κ3) is 2.70. The molecule has 0 bridgehead atoms. The number of fused-ring (bicyclic) bond motifs is 1. The first kappa shape index (κ1) is 12.8. The molecule has 2 aromatic rings. The van der Waals surface area contributed by atoms with E-state index in [9.17, 15) is 5.11 Å². The molecule has 0 aliphatic heterocycles. The van der Waals surface area contributed by atoms with Gasteiger partial charge in [-0.3, -0.25) is 0 Å². The van der Waals surface area contributed by atoms with Gasteiger partial charge in [0.05, 0.1) is 6.10 Å². The fraction of sp³-hybridized carbons (Fsp3) is 0.294. The van der Waals surface area contributed by atoms with E-state index < -0.39 is 6.10 Å². The van der Waals surface area contributed by atoms with Crippen LogP contribution in [-0.4, -0.2) is 5.11 Å². The summed E-state index contributed by atoms with van der Waals surface area (Å²) in [6.45, 7) is 1.82. The lowest BCUT2D eigenvalue weighted by Crippen LogP contribution is -1.93. The van der Waals surface area contributed by atoms with Crippen molar-refractivity contribution in [3.05, 3.63) is 59.2 Å². The molecule has 98 valence electrons. The number of aryl methyl sites for hydroxylation is 2. The third-order valence-electron chi connectivity index (χ3n) is 3.67. The van der Waals surface area contributed by atoms with E-state index in [0.29, 0.717) is 0 Å². The standard InChI is InChI=1S/C17H18OS/c1-12(18)16-7-2-3-8-17(16)19-15-10-9-13-5-4-6-14(13)11-15/h2-3,7-12,18H,4-6H2,1H3/t12-/m0/s1. The number of benzene rings is 2. The van der Waals surface area contributed by atoms with Crippen molar-refractivity contribution in [1.82, 2.24) is 0 Å². The van der Waals surface area contributed by atoms with Crippen LogP contribution < -0.4 is 0 Å². The van der Waals surface area contributed by atoms with Crippen LogP contribution in [0.5, 0.6) is 0 Å².